The monoisotopic (exact) mass is 241 g/mol. The quantitative estimate of drug-likeness (QED) is 0.672. The number of aliphatic hydroxyl groups excluding tert-OH is 1. The lowest BCUT2D eigenvalue weighted by Gasteiger charge is -2.38. The van der Waals surface area contributed by atoms with E-state index in [0.717, 1.165) is 39.1 Å². The van der Waals surface area contributed by atoms with Crippen molar-refractivity contribution in [2.45, 2.75) is 31.7 Å². The van der Waals surface area contributed by atoms with Crippen LogP contribution in [0.25, 0.3) is 0 Å². The molecule has 2 fully saturated rings. The lowest BCUT2D eigenvalue weighted by atomic mass is 9.91. The highest BCUT2D eigenvalue weighted by atomic mass is 16.3. The summed E-state index contributed by atoms with van der Waals surface area (Å²) in [6, 6.07) is 0.757. The first kappa shape index (κ1) is 12.6. The summed E-state index contributed by atoms with van der Waals surface area (Å²) in [7, 11) is 0. The third-order valence-corrected chi connectivity index (χ3v) is 3.80. The van der Waals surface area contributed by atoms with Gasteiger partial charge in [0.2, 0.25) is 0 Å². The van der Waals surface area contributed by atoms with Crippen LogP contribution < -0.4 is 5.32 Å². The third-order valence-electron chi connectivity index (χ3n) is 3.80. The molecule has 5 nitrogen and oxygen atoms in total. The molecule has 5 heteroatoms. The van der Waals surface area contributed by atoms with Crippen molar-refractivity contribution in [3.63, 3.8) is 0 Å². The second kappa shape index (κ2) is 6.21. The van der Waals surface area contributed by atoms with Gasteiger partial charge >= 0.3 is 6.03 Å². The first-order chi connectivity index (χ1) is 8.31. The Balaban J connectivity index is 1.73. The zero-order valence-electron chi connectivity index (χ0n) is 10.4. The molecule has 2 amide bonds. The number of carbonyl (C=O) groups is 1. The highest BCUT2D eigenvalue weighted by Gasteiger charge is 2.26. The van der Waals surface area contributed by atoms with Gasteiger partial charge in [-0.15, -0.1) is 0 Å². The average Bonchev–Trinajstić information content (AvgIpc) is 2.65. The first-order valence-corrected chi connectivity index (χ1v) is 6.69. The second-order valence-electron chi connectivity index (χ2n) is 4.92. The molecule has 0 spiro atoms. The van der Waals surface area contributed by atoms with E-state index < -0.39 is 0 Å². The summed E-state index contributed by atoms with van der Waals surface area (Å²) < 4.78 is 0. The topological polar surface area (TPSA) is 55.8 Å². The Hall–Kier alpha value is -0.810. The van der Waals surface area contributed by atoms with Crippen molar-refractivity contribution in [1.29, 1.82) is 0 Å². The number of nitrogens with zero attached hydrogens (tertiary/aromatic N) is 2. The molecule has 17 heavy (non-hydrogen) atoms. The van der Waals surface area contributed by atoms with Gasteiger partial charge < -0.3 is 15.3 Å². The highest BCUT2D eigenvalue weighted by Crippen LogP contribution is 2.24. The van der Waals surface area contributed by atoms with E-state index in [4.69, 9.17) is 5.11 Å². The van der Waals surface area contributed by atoms with Crippen LogP contribution in [0.5, 0.6) is 0 Å². The summed E-state index contributed by atoms with van der Waals surface area (Å²) in [5, 5.41) is 11.7. The molecule has 1 saturated carbocycles. The van der Waals surface area contributed by atoms with Gasteiger partial charge in [-0.3, -0.25) is 4.90 Å². The van der Waals surface area contributed by atoms with Crippen LogP contribution in [-0.2, 0) is 0 Å². The molecule has 2 N–H and O–H groups in total. The van der Waals surface area contributed by atoms with Gasteiger partial charge in [-0.05, 0) is 19.3 Å². The summed E-state index contributed by atoms with van der Waals surface area (Å²) in [4.78, 5) is 15.7. The minimum absolute atomic E-state index is 0.0701. The maximum Gasteiger partial charge on any atom is 0.317 e. The molecule has 0 aromatic rings. The largest absolute Gasteiger partial charge is 0.396 e. The summed E-state index contributed by atoms with van der Waals surface area (Å²) in [6.07, 6.45) is 4.71. The number of nitrogens with one attached hydrogen (secondary N) is 1. The lowest BCUT2D eigenvalue weighted by Crippen LogP contribution is -2.45. The molecule has 1 saturated heterocycles. The van der Waals surface area contributed by atoms with Crippen LogP contribution in [0.15, 0.2) is 0 Å². The van der Waals surface area contributed by atoms with Crippen LogP contribution in [-0.4, -0.2) is 66.3 Å². The molecule has 0 aromatic heterocycles. The van der Waals surface area contributed by atoms with Gasteiger partial charge in [0.1, 0.15) is 0 Å². The van der Waals surface area contributed by atoms with Crippen molar-refractivity contribution < 1.29 is 9.90 Å². The van der Waals surface area contributed by atoms with Crippen LogP contribution in [0, 0.1) is 0 Å². The molecule has 0 bridgehead atoms. The van der Waals surface area contributed by atoms with Crippen molar-refractivity contribution in [2.24, 2.45) is 0 Å². The fourth-order valence-electron chi connectivity index (χ4n) is 2.48. The van der Waals surface area contributed by atoms with Crippen molar-refractivity contribution in [3.8, 4) is 0 Å². The molecule has 98 valence electrons. The van der Waals surface area contributed by atoms with Gasteiger partial charge in [-0.2, -0.15) is 0 Å². The number of rotatable bonds is 7. The summed E-state index contributed by atoms with van der Waals surface area (Å²) in [6.45, 7) is 4.58. The Labute approximate surface area is 103 Å². The maximum atomic E-state index is 11.4. The molecular formula is C12H23N3O2. The van der Waals surface area contributed by atoms with Crippen molar-refractivity contribution >= 4 is 6.03 Å². The van der Waals surface area contributed by atoms with E-state index in [1.807, 2.05) is 4.90 Å². The van der Waals surface area contributed by atoms with Gasteiger partial charge in [0.15, 0.2) is 0 Å². The maximum absolute atomic E-state index is 11.4. The standard InChI is InChI=1S/C12H23N3O2/c16-10-2-6-14(11-3-1-4-11)8-9-15-7-5-13-12(15)17/h11,16H,1-10H2,(H,13,17). The van der Waals surface area contributed by atoms with Gasteiger partial charge in [0.25, 0.3) is 0 Å². The zero-order chi connectivity index (χ0) is 12.1. The van der Waals surface area contributed by atoms with E-state index in [1.165, 1.54) is 19.3 Å². The third kappa shape index (κ3) is 3.33. The predicted molar refractivity (Wildman–Crippen MR) is 65.9 cm³/mol. The smallest absolute Gasteiger partial charge is 0.317 e. The van der Waals surface area contributed by atoms with E-state index in [-0.39, 0.29) is 12.6 Å². The summed E-state index contributed by atoms with van der Waals surface area (Å²) in [5.41, 5.74) is 0. The molecule has 1 aliphatic heterocycles. The number of hydrogen-bond acceptors (Lipinski definition) is 3. The predicted octanol–water partition coefficient (Wildman–Crippen LogP) is 0.248. The summed E-state index contributed by atoms with van der Waals surface area (Å²) in [5.74, 6) is 0. The Morgan fingerprint density at radius 3 is 2.76 bits per heavy atom. The van der Waals surface area contributed by atoms with Crippen molar-refractivity contribution in [1.82, 2.24) is 15.1 Å². The SMILES string of the molecule is O=C1NCCN1CCN(CCCO)C1CCC1. The van der Waals surface area contributed by atoms with Gasteiger partial charge in [0, 0.05) is 45.4 Å². The number of urea groups is 1. The van der Waals surface area contributed by atoms with E-state index in [2.05, 4.69) is 10.2 Å². The molecule has 2 aliphatic rings. The fourth-order valence-corrected chi connectivity index (χ4v) is 2.48. The van der Waals surface area contributed by atoms with Gasteiger partial charge in [0.05, 0.1) is 0 Å². The van der Waals surface area contributed by atoms with Crippen LogP contribution in [0.3, 0.4) is 0 Å². The minimum Gasteiger partial charge on any atom is -0.396 e. The van der Waals surface area contributed by atoms with Gasteiger partial charge in [-0.1, -0.05) is 6.42 Å². The lowest BCUT2D eigenvalue weighted by molar-refractivity contribution is 0.107. The highest BCUT2D eigenvalue weighted by molar-refractivity contribution is 5.76. The molecule has 0 aromatic carbocycles. The number of aliphatic hydroxyl groups is 1. The minimum atomic E-state index is 0.0701. The van der Waals surface area contributed by atoms with Crippen LogP contribution >= 0.6 is 0 Å². The Morgan fingerprint density at radius 1 is 1.41 bits per heavy atom. The Morgan fingerprint density at radius 2 is 2.24 bits per heavy atom. The Kier molecular flexibility index (Phi) is 4.62. The molecule has 0 unspecified atom stereocenters. The molecule has 2 rings (SSSR count). The zero-order valence-corrected chi connectivity index (χ0v) is 10.4. The molecule has 0 radical (unpaired) electrons. The number of amides is 2. The van der Waals surface area contributed by atoms with E-state index in [1.54, 1.807) is 0 Å². The van der Waals surface area contributed by atoms with E-state index in [0.29, 0.717) is 6.04 Å². The average molecular weight is 241 g/mol. The Bertz CT molecular complexity index is 256. The molecule has 1 heterocycles. The number of carbonyl (C=O) groups excluding carboxylic acids is 1. The molecule has 0 atom stereocenters. The van der Waals surface area contributed by atoms with Crippen molar-refractivity contribution in [2.75, 3.05) is 39.3 Å². The van der Waals surface area contributed by atoms with E-state index >= 15 is 0 Å². The van der Waals surface area contributed by atoms with Crippen molar-refractivity contribution in [3.05, 3.63) is 0 Å². The number of hydrogen-bond donors (Lipinski definition) is 2. The van der Waals surface area contributed by atoms with Crippen LogP contribution in [0.4, 0.5) is 4.79 Å². The van der Waals surface area contributed by atoms with Crippen LogP contribution in [0.1, 0.15) is 25.7 Å². The van der Waals surface area contributed by atoms with Gasteiger partial charge in [-0.25, -0.2) is 4.79 Å². The fraction of sp³-hybridized carbons (Fsp3) is 0.917. The molecule has 1 aliphatic carbocycles. The second-order valence-corrected chi connectivity index (χ2v) is 4.92. The van der Waals surface area contributed by atoms with E-state index in [9.17, 15) is 4.79 Å². The first-order valence-electron chi connectivity index (χ1n) is 6.69. The van der Waals surface area contributed by atoms with Crippen LogP contribution in [0.2, 0.25) is 0 Å². The normalized spacial score (nSPS) is 20.8. The molecular weight excluding hydrogens is 218 g/mol. The summed E-state index contributed by atoms with van der Waals surface area (Å²) >= 11 is 0.